The standard InChI is InChI=1S/C16H25N3O4/c20-14(13-23-15-4-2-1-3-5-15)12-17-6-7-18-16(21)19-8-10-22-11-9-19/h1-5,14,17,20H,6-13H2,(H,18,21)/t14-/m0/s1. The van der Waals surface area contributed by atoms with Crippen LogP contribution in [0.5, 0.6) is 5.75 Å². The quantitative estimate of drug-likeness (QED) is 0.589. The molecule has 1 fully saturated rings. The second-order valence-electron chi connectivity index (χ2n) is 5.31. The van der Waals surface area contributed by atoms with Crippen LogP contribution >= 0.6 is 0 Å². The van der Waals surface area contributed by atoms with Crippen LogP contribution in [-0.4, -0.2) is 74.7 Å². The SMILES string of the molecule is O=C(NCCNC[C@H](O)COc1ccccc1)N1CCOCC1. The third-order valence-electron chi connectivity index (χ3n) is 3.44. The van der Waals surface area contributed by atoms with Crippen molar-refractivity contribution in [3.05, 3.63) is 30.3 Å². The molecule has 0 aromatic heterocycles. The van der Waals surface area contributed by atoms with Crippen molar-refractivity contribution in [2.24, 2.45) is 0 Å². The van der Waals surface area contributed by atoms with E-state index in [1.54, 1.807) is 4.90 Å². The monoisotopic (exact) mass is 323 g/mol. The van der Waals surface area contributed by atoms with Gasteiger partial charge in [0.05, 0.1) is 13.2 Å². The Morgan fingerprint density at radius 2 is 2.00 bits per heavy atom. The number of carbonyl (C=O) groups excluding carboxylic acids is 1. The maximum atomic E-state index is 11.8. The van der Waals surface area contributed by atoms with Crippen LogP contribution in [0.15, 0.2) is 30.3 Å². The number of urea groups is 1. The summed E-state index contributed by atoms with van der Waals surface area (Å²) in [6.45, 7) is 4.22. The molecule has 0 unspecified atom stereocenters. The van der Waals surface area contributed by atoms with Gasteiger partial charge in [-0.05, 0) is 12.1 Å². The van der Waals surface area contributed by atoms with Gasteiger partial charge in [-0.2, -0.15) is 0 Å². The molecule has 1 aliphatic heterocycles. The number of rotatable bonds is 8. The first-order valence-corrected chi connectivity index (χ1v) is 7.93. The van der Waals surface area contributed by atoms with E-state index < -0.39 is 6.10 Å². The fourth-order valence-electron chi connectivity index (χ4n) is 2.17. The van der Waals surface area contributed by atoms with E-state index in [2.05, 4.69) is 10.6 Å². The fraction of sp³-hybridized carbons (Fsp3) is 0.562. The first-order valence-electron chi connectivity index (χ1n) is 7.93. The van der Waals surface area contributed by atoms with Crippen LogP contribution in [0.3, 0.4) is 0 Å². The molecule has 128 valence electrons. The van der Waals surface area contributed by atoms with Crippen molar-refractivity contribution in [2.45, 2.75) is 6.10 Å². The number of benzene rings is 1. The summed E-state index contributed by atoms with van der Waals surface area (Å²) in [6, 6.07) is 9.32. The Bertz CT molecular complexity index is 452. The Labute approximate surface area is 136 Å². The van der Waals surface area contributed by atoms with Gasteiger partial charge in [0.15, 0.2) is 0 Å². The Morgan fingerprint density at radius 1 is 1.26 bits per heavy atom. The van der Waals surface area contributed by atoms with Gasteiger partial charge in [0.25, 0.3) is 0 Å². The summed E-state index contributed by atoms with van der Waals surface area (Å²) in [6.07, 6.45) is -0.592. The number of amides is 2. The van der Waals surface area contributed by atoms with Crippen LogP contribution < -0.4 is 15.4 Å². The molecule has 3 N–H and O–H groups in total. The Kier molecular flexibility index (Phi) is 7.65. The lowest BCUT2D eigenvalue weighted by Crippen LogP contribution is -2.47. The van der Waals surface area contributed by atoms with Crippen LogP contribution in [0, 0.1) is 0 Å². The predicted molar refractivity (Wildman–Crippen MR) is 86.6 cm³/mol. The molecule has 0 saturated carbocycles. The van der Waals surface area contributed by atoms with E-state index in [0.717, 1.165) is 5.75 Å². The molecule has 0 aliphatic carbocycles. The number of para-hydroxylation sites is 1. The average Bonchev–Trinajstić information content (AvgIpc) is 2.61. The molecule has 1 aromatic carbocycles. The average molecular weight is 323 g/mol. The lowest BCUT2D eigenvalue weighted by atomic mass is 10.3. The fourth-order valence-corrected chi connectivity index (χ4v) is 2.17. The van der Waals surface area contributed by atoms with Crippen molar-refractivity contribution in [2.75, 3.05) is 52.5 Å². The number of ether oxygens (including phenoxy) is 2. The molecule has 1 heterocycles. The summed E-state index contributed by atoms with van der Waals surface area (Å²) in [5.74, 6) is 0.740. The molecule has 23 heavy (non-hydrogen) atoms. The van der Waals surface area contributed by atoms with E-state index in [1.807, 2.05) is 30.3 Å². The smallest absolute Gasteiger partial charge is 0.317 e. The van der Waals surface area contributed by atoms with Crippen LogP contribution in [-0.2, 0) is 4.74 Å². The van der Waals surface area contributed by atoms with Crippen molar-refractivity contribution < 1.29 is 19.4 Å². The van der Waals surface area contributed by atoms with Gasteiger partial charge in [0.2, 0.25) is 0 Å². The van der Waals surface area contributed by atoms with E-state index in [1.165, 1.54) is 0 Å². The van der Waals surface area contributed by atoms with Gasteiger partial charge in [-0.1, -0.05) is 18.2 Å². The van der Waals surface area contributed by atoms with Gasteiger partial charge in [0.1, 0.15) is 18.5 Å². The zero-order valence-corrected chi connectivity index (χ0v) is 13.2. The lowest BCUT2D eigenvalue weighted by Gasteiger charge is -2.27. The van der Waals surface area contributed by atoms with Crippen LogP contribution in [0.1, 0.15) is 0 Å². The number of morpholine rings is 1. The number of nitrogens with one attached hydrogen (secondary N) is 2. The highest BCUT2D eigenvalue weighted by molar-refractivity contribution is 5.74. The van der Waals surface area contributed by atoms with Crippen LogP contribution in [0.4, 0.5) is 4.79 Å². The third kappa shape index (κ3) is 6.85. The van der Waals surface area contributed by atoms with Crippen molar-refractivity contribution in [3.63, 3.8) is 0 Å². The summed E-state index contributed by atoms with van der Waals surface area (Å²) in [7, 11) is 0. The molecule has 7 nitrogen and oxygen atoms in total. The molecule has 2 amide bonds. The van der Waals surface area contributed by atoms with E-state index in [-0.39, 0.29) is 12.6 Å². The maximum absolute atomic E-state index is 11.8. The molecular weight excluding hydrogens is 298 g/mol. The highest BCUT2D eigenvalue weighted by Gasteiger charge is 2.15. The van der Waals surface area contributed by atoms with Crippen molar-refractivity contribution in [3.8, 4) is 5.75 Å². The van der Waals surface area contributed by atoms with E-state index in [4.69, 9.17) is 9.47 Å². The lowest BCUT2D eigenvalue weighted by molar-refractivity contribution is 0.0532. The molecule has 0 radical (unpaired) electrons. The minimum atomic E-state index is -0.592. The molecule has 0 bridgehead atoms. The normalized spacial score (nSPS) is 16.0. The molecule has 1 atom stereocenters. The Morgan fingerprint density at radius 3 is 2.74 bits per heavy atom. The minimum absolute atomic E-state index is 0.0666. The van der Waals surface area contributed by atoms with Crippen LogP contribution in [0.25, 0.3) is 0 Å². The number of hydrogen-bond donors (Lipinski definition) is 3. The molecule has 1 saturated heterocycles. The van der Waals surface area contributed by atoms with Gasteiger partial charge in [-0.25, -0.2) is 4.79 Å². The summed E-state index contributed by atoms with van der Waals surface area (Å²) in [5, 5.41) is 15.8. The highest BCUT2D eigenvalue weighted by atomic mass is 16.5. The molecule has 1 aromatic rings. The molecule has 7 heteroatoms. The van der Waals surface area contributed by atoms with Gasteiger partial charge >= 0.3 is 6.03 Å². The van der Waals surface area contributed by atoms with Gasteiger partial charge < -0.3 is 30.1 Å². The van der Waals surface area contributed by atoms with E-state index in [0.29, 0.717) is 45.9 Å². The summed E-state index contributed by atoms with van der Waals surface area (Å²) in [4.78, 5) is 13.6. The van der Waals surface area contributed by atoms with Gasteiger partial charge in [-0.15, -0.1) is 0 Å². The van der Waals surface area contributed by atoms with Crippen LogP contribution in [0.2, 0.25) is 0 Å². The van der Waals surface area contributed by atoms with E-state index >= 15 is 0 Å². The summed E-state index contributed by atoms with van der Waals surface area (Å²) in [5.41, 5.74) is 0. The largest absolute Gasteiger partial charge is 0.491 e. The van der Waals surface area contributed by atoms with Crippen molar-refractivity contribution >= 4 is 6.03 Å². The van der Waals surface area contributed by atoms with Crippen molar-refractivity contribution in [1.29, 1.82) is 0 Å². The summed E-state index contributed by atoms with van der Waals surface area (Å²) < 4.78 is 10.7. The molecule has 0 spiro atoms. The van der Waals surface area contributed by atoms with Gasteiger partial charge in [-0.3, -0.25) is 0 Å². The third-order valence-corrected chi connectivity index (χ3v) is 3.44. The second kappa shape index (κ2) is 10.0. The predicted octanol–water partition coefficient (Wildman–Crippen LogP) is 0.0577. The molecule has 1 aliphatic rings. The Balaban J connectivity index is 1.48. The number of aliphatic hydroxyl groups is 1. The molecular formula is C16H25N3O4. The minimum Gasteiger partial charge on any atom is -0.491 e. The Hall–Kier alpha value is -1.83. The molecule has 2 rings (SSSR count). The number of carbonyl (C=O) groups is 1. The van der Waals surface area contributed by atoms with E-state index in [9.17, 15) is 9.90 Å². The zero-order valence-electron chi connectivity index (χ0n) is 13.2. The first-order chi connectivity index (χ1) is 11.3. The highest BCUT2D eigenvalue weighted by Crippen LogP contribution is 2.08. The van der Waals surface area contributed by atoms with Crippen molar-refractivity contribution in [1.82, 2.24) is 15.5 Å². The van der Waals surface area contributed by atoms with Gasteiger partial charge in [0, 0.05) is 32.7 Å². The number of hydrogen-bond acceptors (Lipinski definition) is 5. The zero-order chi connectivity index (χ0) is 16.3. The summed E-state index contributed by atoms with van der Waals surface area (Å²) >= 11 is 0. The maximum Gasteiger partial charge on any atom is 0.317 e. The second-order valence-corrected chi connectivity index (χ2v) is 5.31. The number of nitrogens with zero attached hydrogens (tertiary/aromatic N) is 1. The topological polar surface area (TPSA) is 83.1 Å². The first kappa shape index (κ1) is 17.5. The number of aliphatic hydroxyl groups excluding tert-OH is 1.